The van der Waals surface area contributed by atoms with Gasteiger partial charge in [0.2, 0.25) is 0 Å². The van der Waals surface area contributed by atoms with E-state index in [4.69, 9.17) is 0 Å². The molecule has 0 radical (unpaired) electrons. The molecule has 1 atom stereocenters. The normalized spacial score (nSPS) is 35.5. The number of rotatable bonds is 2. The first-order valence-electron chi connectivity index (χ1n) is 9.29. The van der Waals surface area contributed by atoms with E-state index in [1.54, 1.807) is 6.07 Å². The quantitative estimate of drug-likeness (QED) is 0.919. The predicted molar refractivity (Wildman–Crippen MR) is 94.1 cm³/mol. The van der Waals surface area contributed by atoms with E-state index in [1.165, 1.54) is 43.1 Å². The summed E-state index contributed by atoms with van der Waals surface area (Å²) in [6.45, 7) is 2.11. The fourth-order valence-corrected chi connectivity index (χ4v) is 6.49. The third kappa shape index (κ3) is 1.92. The summed E-state index contributed by atoms with van der Waals surface area (Å²) in [5, 5.41) is 0.619. The Bertz CT molecular complexity index is 888. The smallest absolute Gasteiger partial charge is 0.307 e. The largest absolute Gasteiger partial charge is 0.329 e. The summed E-state index contributed by atoms with van der Waals surface area (Å²) in [7, 11) is 0. The van der Waals surface area contributed by atoms with E-state index in [-0.39, 0.29) is 22.7 Å². The number of nitrogens with one attached hydrogen (secondary N) is 1. The van der Waals surface area contributed by atoms with Crippen molar-refractivity contribution in [3.05, 3.63) is 45.1 Å². The minimum Gasteiger partial charge on any atom is -0.307 e. The van der Waals surface area contributed by atoms with E-state index in [0.29, 0.717) is 10.9 Å². The lowest BCUT2D eigenvalue weighted by atomic mass is 9.48. The molecule has 4 aliphatic carbocycles. The SMILES string of the molecule is C[C@H](n1c(=O)[nH]c2ccccc2c1=O)C12CC3CC(CC(C3)C1)C2. The molecule has 0 saturated heterocycles. The van der Waals surface area contributed by atoms with Crippen LogP contribution in [-0.2, 0) is 0 Å². The number of para-hydroxylation sites is 1. The van der Waals surface area contributed by atoms with E-state index in [9.17, 15) is 9.59 Å². The highest BCUT2D eigenvalue weighted by Crippen LogP contribution is 2.63. The monoisotopic (exact) mass is 324 g/mol. The average Bonchev–Trinajstić information content (AvgIpc) is 2.53. The van der Waals surface area contributed by atoms with Crippen molar-refractivity contribution in [2.24, 2.45) is 23.2 Å². The van der Waals surface area contributed by atoms with E-state index >= 15 is 0 Å². The number of hydrogen-bond donors (Lipinski definition) is 1. The van der Waals surface area contributed by atoms with Crippen LogP contribution < -0.4 is 11.2 Å². The van der Waals surface area contributed by atoms with Crippen molar-refractivity contribution >= 4 is 10.9 Å². The van der Waals surface area contributed by atoms with Gasteiger partial charge in [0.1, 0.15) is 0 Å². The second kappa shape index (κ2) is 4.84. The molecule has 4 nitrogen and oxygen atoms in total. The molecular formula is C20H24N2O2. The summed E-state index contributed by atoms with van der Waals surface area (Å²) in [4.78, 5) is 28.6. The molecule has 0 amide bonds. The molecular weight excluding hydrogens is 300 g/mol. The van der Waals surface area contributed by atoms with Gasteiger partial charge in [-0.15, -0.1) is 0 Å². The van der Waals surface area contributed by atoms with Crippen LogP contribution in [0.4, 0.5) is 0 Å². The fraction of sp³-hybridized carbons (Fsp3) is 0.600. The Balaban J connectivity index is 1.65. The molecule has 1 aromatic carbocycles. The van der Waals surface area contributed by atoms with Crippen molar-refractivity contribution in [2.75, 3.05) is 0 Å². The molecule has 4 heteroatoms. The van der Waals surface area contributed by atoms with Gasteiger partial charge in [-0.25, -0.2) is 4.79 Å². The highest BCUT2D eigenvalue weighted by Gasteiger charge is 2.53. The molecule has 0 unspecified atom stereocenters. The summed E-state index contributed by atoms with van der Waals surface area (Å²) in [6, 6.07) is 7.31. The Labute approximate surface area is 140 Å². The van der Waals surface area contributed by atoms with Crippen molar-refractivity contribution in [3.63, 3.8) is 0 Å². The van der Waals surface area contributed by atoms with Gasteiger partial charge in [0.05, 0.1) is 10.9 Å². The van der Waals surface area contributed by atoms with E-state index in [2.05, 4.69) is 11.9 Å². The number of fused-ring (bicyclic) bond motifs is 1. The highest BCUT2D eigenvalue weighted by atomic mass is 16.2. The topological polar surface area (TPSA) is 54.9 Å². The van der Waals surface area contributed by atoms with Gasteiger partial charge in [-0.1, -0.05) is 12.1 Å². The van der Waals surface area contributed by atoms with Crippen LogP contribution in [0.2, 0.25) is 0 Å². The molecule has 4 fully saturated rings. The molecule has 4 saturated carbocycles. The maximum absolute atomic E-state index is 13.0. The van der Waals surface area contributed by atoms with Crippen LogP contribution in [0.15, 0.2) is 33.9 Å². The number of benzene rings is 1. The number of nitrogens with zero attached hydrogens (tertiary/aromatic N) is 1. The maximum Gasteiger partial charge on any atom is 0.329 e. The number of hydrogen-bond acceptors (Lipinski definition) is 2. The molecule has 6 rings (SSSR count). The number of aromatic nitrogens is 2. The van der Waals surface area contributed by atoms with E-state index < -0.39 is 0 Å². The summed E-state index contributed by atoms with van der Waals surface area (Å²) in [5.41, 5.74) is 0.412. The van der Waals surface area contributed by atoms with Gasteiger partial charge < -0.3 is 4.98 Å². The van der Waals surface area contributed by atoms with Crippen LogP contribution in [-0.4, -0.2) is 9.55 Å². The third-order valence-corrected chi connectivity index (χ3v) is 7.20. The Morgan fingerprint density at radius 3 is 2.25 bits per heavy atom. The van der Waals surface area contributed by atoms with Gasteiger partial charge in [-0.2, -0.15) is 0 Å². The molecule has 126 valence electrons. The first-order valence-corrected chi connectivity index (χ1v) is 9.29. The lowest BCUT2D eigenvalue weighted by molar-refractivity contribution is -0.0801. The van der Waals surface area contributed by atoms with Crippen LogP contribution in [0.3, 0.4) is 0 Å². The zero-order chi connectivity index (χ0) is 16.5. The first-order chi connectivity index (χ1) is 11.6. The van der Waals surface area contributed by atoms with Gasteiger partial charge in [0, 0.05) is 6.04 Å². The van der Waals surface area contributed by atoms with Crippen LogP contribution in [0.1, 0.15) is 51.5 Å². The highest BCUT2D eigenvalue weighted by molar-refractivity contribution is 5.76. The van der Waals surface area contributed by atoms with Gasteiger partial charge in [-0.05, 0) is 80.8 Å². The second-order valence-corrected chi connectivity index (χ2v) is 8.61. The molecule has 4 bridgehead atoms. The van der Waals surface area contributed by atoms with Gasteiger partial charge >= 0.3 is 5.69 Å². The zero-order valence-electron chi connectivity index (χ0n) is 14.1. The number of aromatic amines is 1. The Kier molecular flexibility index (Phi) is 2.92. The molecule has 0 aliphatic heterocycles. The predicted octanol–water partition coefficient (Wildman–Crippen LogP) is 3.47. The minimum absolute atomic E-state index is 0.0215. The van der Waals surface area contributed by atoms with Crippen LogP contribution >= 0.6 is 0 Å². The molecule has 24 heavy (non-hydrogen) atoms. The summed E-state index contributed by atoms with van der Waals surface area (Å²) in [5.74, 6) is 2.44. The zero-order valence-corrected chi connectivity index (χ0v) is 14.1. The van der Waals surface area contributed by atoms with Crippen molar-refractivity contribution < 1.29 is 0 Å². The molecule has 0 spiro atoms. The molecule has 2 aromatic rings. The maximum atomic E-state index is 13.0. The first kappa shape index (κ1) is 14.5. The van der Waals surface area contributed by atoms with Crippen molar-refractivity contribution in [2.45, 2.75) is 51.5 Å². The molecule has 1 heterocycles. The fourth-order valence-electron chi connectivity index (χ4n) is 6.49. The average molecular weight is 324 g/mol. The van der Waals surface area contributed by atoms with E-state index in [0.717, 1.165) is 17.8 Å². The summed E-state index contributed by atoms with van der Waals surface area (Å²) < 4.78 is 1.52. The molecule has 4 aliphatic rings. The van der Waals surface area contributed by atoms with Crippen LogP contribution in [0, 0.1) is 23.2 Å². The van der Waals surface area contributed by atoms with Gasteiger partial charge in [0.25, 0.3) is 5.56 Å². The second-order valence-electron chi connectivity index (χ2n) is 8.61. The Morgan fingerprint density at radius 2 is 1.62 bits per heavy atom. The van der Waals surface area contributed by atoms with Gasteiger partial charge in [-0.3, -0.25) is 9.36 Å². The number of H-pyrrole nitrogens is 1. The molecule has 1 aromatic heterocycles. The van der Waals surface area contributed by atoms with Crippen molar-refractivity contribution in [1.82, 2.24) is 9.55 Å². The lowest BCUT2D eigenvalue weighted by Gasteiger charge is -2.59. The van der Waals surface area contributed by atoms with Gasteiger partial charge in [0.15, 0.2) is 0 Å². The standard InChI is InChI=1S/C20H24N2O2/c1-12(20-9-13-6-14(10-20)8-15(7-13)11-20)22-18(23)16-4-2-3-5-17(16)21-19(22)24/h2-5,12-15H,6-11H2,1H3,(H,21,24)/t12-,13?,14?,15?,20?/m0/s1. The Morgan fingerprint density at radius 1 is 1.04 bits per heavy atom. The lowest BCUT2D eigenvalue weighted by Crippen LogP contribution is -2.52. The van der Waals surface area contributed by atoms with Crippen molar-refractivity contribution in [1.29, 1.82) is 0 Å². The minimum atomic E-state index is -0.248. The van der Waals surface area contributed by atoms with Crippen molar-refractivity contribution in [3.8, 4) is 0 Å². The summed E-state index contributed by atoms with van der Waals surface area (Å²) in [6.07, 6.45) is 7.69. The third-order valence-electron chi connectivity index (χ3n) is 7.20. The Hall–Kier alpha value is -1.84. The van der Waals surface area contributed by atoms with E-state index in [1.807, 2.05) is 18.2 Å². The van der Waals surface area contributed by atoms with Crippen LogP contribution in [0.5, 0.6) is 0 Å². The van der Waals surface area contributed by atoms with Crippen LogP contribution in [0.25, 0.3) is 10.9 Å². The summed E-state index contributed by atoms with van der Waals surface area (Å²) >= 11 is 0. The molecule has 1 N–H and O–H groups in total.